The minimum Gasteiger partial charge on any atom is -0.362 e. The first kappa shape index (κ1) is 9.87. The van der Waals surface area contributed by atoms with Crippen molar-refractivity contribution in [2.45, 2.75) is 6.92 Å². The molecule has 0 aliphatic rings. The average Bonchev–Trinajstić information content (AvgIpc) is 2.60. The number of hydrogen-bond donors (Lipinski definition) is 0. The van der Waals surface area contributed by atoms with Crippen LogP contribution in [0.15, 0.2) is 29.0 Å². The molecule has 0 N–H and O–H groups in total. The molecule has 0 aromatic carbocycles. The van der Waals surface area contributed by atoms with Crippen LogP contribution >= 0.6 is 15.9 Å². The highest BCUT2D eigenvalue weighted by atomic mass is 79.9. The second-order valence-electron chi connectivity index (χ2n) is 2.99. The average molecular weight is 263 g/mol. The number of nitrogens with zero attached hydrogens (tertiary/aromatic N) is 4. The zero-order valence-electron chi connectivity index (χ0n) is 7.98. The lowest BCUT2D eigenvalue weighted by Crippen LogP contribution is -2.00. The summed E-state index contributed by atoms with van der Waals surface area (Å²) < 4.78 is 2.17. The molecule has 0 amide bonds. The molecule has 0 aliphatic heterocycles. The fourth-order valence-corrected chi connectivity index (χ4v) is 1.64. The first-order valence-electron chi connectivity index (χ1n) is 4.27. The third kappa shape index (κ3) is 1.76. The predicted molar refractivity (Wildman–Crippen MR) is 60.1 cm³/mol. The highest BCUT2D eigenvalue weighted by Crippen LogP contribution is 2.23. The molecule has 0 atom stereocenters. The Morgan fingerprint density at radius 1 is 1.53 bits per heavy atom. The lowest BCUT2D eigenvalue weighted by Gasteiger charge is -2.00. The molecule has 0 unspecified atom stereocenters. The van der Waals surface area contributed by atoms with Crippen molar-refractivity contribution in [1.29, 1.82) is 0 Å². The van der Waals surface area contributed by atoms with Crippen LogP contribution < -0.4 is 0 Å². The van der Waals surface area contributed by atoms with E-state index in [-0.39, 0.29) is 0 Å². The van der Waals surface area contributed by atoms with Gasteiger partial charge in [-0.2, -0.15) is 0 Å². The number of aromatic nitrogens is 3. The lowest BCUT2D eigenvalue weighted by molar-refractivity contribution is 0.842. The van der Waals surface area contributed by atoms with Gasteiger partial charge in [-0.1, -0.05) is 17.7 Å². The van der Waals surface area contributed by atoms with Gasteiger partial charge in [0.2, 0.25) is 5.82 Å². The summed E-state index contributed by atoms with van der Waals surface area (Å²) >= 11 is 3.24. The van der Waals surface area contributed by atoms with Gasteiger partial charge < -0.3 is 4.85 Å². The molecule has 2 rings (SSSR count). The Hall–Kier alpha value is -1.67. The smallest absolute Gasteiger partial charge is 0.259 e. The Kier molecular flexibility index (Phi) is 2.52. The molecule has 5 heteroatoms. The van der Waals surface area contributed by atoms with Crippen molar-refractivity contribution in [2.75, 3.05) is 0 Å². The van der Waals surface area contributed by atoms with Gasteiger partial charge in [0.05, 0.1) is 0 Å². The van der Waals surface area contributed by atoms with Gasteiger partial charge >= 0.3 is 0 Å². The molecule has 74 valence electrons. The van der Waals surface area contributed by atoms with Crippen LogP contribution in [0.3, 0.4) is 0 Å². The summed E-state index contributed by atoms with van der Waals surface area (Å²) in [5.41, 5.74) is 0.984. The van der Waals surface area contributed by atoms with Gasteiger partial charge in [0.1, 0.15) is 4.60 Å². The minimum absolute atomic E-state index is 0.448. The van der Waals surface area contributed by atoms with Gasteiger partial charge in [-0.25, -0.2) is 4.98 Å². The Bertz CT molecular complexity index is 539. The van der Waals surface area contributed by atoms with Gasteiger partial charge in [0.15, 0.2) is 0 Å². The Morgan fingerprint density at radius 3 is 3.00 bits per heavy atom. The molecule has 0 fully saturated rings. The van der Waals surface area contributed by atoms with E-state index in [1.54, 1.807) is 12.3 Å². The van der Waals surface area contributed by atoms with Crippen LogP contribution in [0.2, 0.25) is 0 Å². The maximum Gasteiger partial charge on any atom is 0.259 e. The van der Waals surface area contributed by atoms with Crippen molar-refractivity contribution in [3.05, 3.63) is 46.0 Å². The second kappa shape index (κ2) is 3.83. The summed E-state index contributed by atoms with van der Waals surface area (Å²) in [5, 5.41) is 4.17. The monoisotopic (exact) mass is 262 g/mol. The molecule has 0 bridgehead atoms. The largest absolute Gasteiger partial charge is 0.362 e. The molecule has 0 radical (unpaired) electrons. The summed E-state index contributed by atoms with van der Waals surface area (Å²) in [6.07, 6.45) is 1.69. The minimum atomic E-state index is 0.448. The summed E-state index contributed by atoms with van der Waals surface area (Å²) in [5.74, 6) is 1.14. The molecular formula is C10H7BrN4. The maximum absolute atomic E-state index is 7.03. The number of pyridine rings is 1. The summed E-state index contributed by atoms with van der Waals surface area (Å²) in [6, 6.07) is 5.46. The second-order valence-corrected chi connectivity index (χ2v) is 3.81. The topological polar surface area (TPSA) is 35.1 Å². The van der Waals surface area contributed by atoms with Crippen LogP contribution in [0.1, 0.15) is 5.56 Å². The van der Waals surface area contributed by atoms with Crippen LogP contribution in [0, 0.1) is 13.5 Å². The number of halogens is 1. The Labute approximate surface area is 95.5 Å². The SMILES string of the molecule is [C-]#[N+]c1cc(Br)nn1-c1ncccc1C. The fourth-order valence-electron chi connectivity index (χ4n) is 1.28. The van der Waals surface area contributed by atoms with Crippen molar-refractivity contribution >= 4 is 21.7 Å². The first-order valence-corrected chi connectivity index (χ1v) is 5.06. The molecule has 0 aliphatic carbocycles. The predicted octanol–water partition coefficient (Wildman–Crippen LogP) is 2.89. The summed E-state index contributed by atoms with van der Waals surface area (Å²) in [6.45, 7) is 8.97. The van der Waals surface area contributed by atoms with E-state index in [9.17, 15) is 0 Å². The molecule has 2 aromatic rings. The quantitative estimate of drug-likeness (QED) is 0.741. The molecular weight excluding hydrogens is 256 g/mol. The van der Waals surface area contributed by atoms with Crippen molar-refractivity contribution in [3.63, 3.8) is 0 Å². The Morgan fingerprint density at radius 2 is 2.33 bits per heavy atom. The summed E-state index contributed by atoms with van der Waals surface area (Å²) in [4.78, 5) is 7.60. The molecule has 0 spiro atoms. The molecule has 2 aromatic heterocycles. The normalized spacial score (nSPS) is 9.93. The standard InChI is InChI=1S/C10H7BrN4/c1-7-4-3-5-13-10(7)15-9(12-2)6-8(11)14-15/h3-6H,1H3. The third-order valence-corrected chi connectivity index (χ3v) is 2.35. The highest BCUT2D eigenvalue weighted by molar-refractivity contribution is 9.10. The van der Waals surface area contributed by atoms with Crippen LogP contribution in [-0.2, 0) is 0 Å². The molecule has 4 nitrogen and oxygen atoms in total. The van der Waals surface area contributed by atoms with E-state index in [4.69, 9.17) is 6.57 Å². The van der Waals surface area contributed by atoms with Crippen LogP contribution in [-0.4, -0.2) is 14.8 Å². The van der Waals surface area contributed by atoms with E-state index >= 15 is 0 Å². The van der Waals surface area contributed by atoms with Crippen LogP contribution in [0.4, 0.5) is 5.82 Å². The number of aryl methyl sites for hydroxylation is 1. The third-order valence-electron chi connectivity index (χ3n) is 1.96. The van der Waals surface area contributed by atoms with E-state index in [0.717, 1.165) is 5.56 Å². The molecule has 2 heterocycles. The van der Waals surface area contributed by atoms with Gasteiger partial charge in [-0.3, -0.25) is 0 Å². The van der Waals surface area contributed by atoms with E-state index in [2.05, 4.69) is 30.9 Å². The fraction of sp³-hybridized carbons (Fsp3) is 0.100. The van der Waals surface area contributed by atoms with Gasteiger partial charge in [-0.05, 0) is 35.0 Å². The van der Waals surface area contributed by atoms with Crippen LogP contribution in [0.25, 0.3) is 10.7 Å². The lowest BCUT2D eigenvalue weighted by atomic mass is 10.3. The molecule has 0 saturated heterocycles. The van der Waals surface area contributed by atoms with Crippen molar-refractivity contribution in [3.8, 4) is 5.82 Å². The zero-order chi connectivity index (χ0) is 10.8. The highest BCUT2D eigenvalue weighted by Gasteiger charge is 2.13. The molecule has 0 saturated carbocycles. The van der Waals surface area contributed by atoms with E-state index < -0.39 is 0 Å². The van der Waals surface area contributed by atoms with Gasteiger partial charge in [0, 0.05) is 11.8 Å². The van der Waals surface area contributed by atoms with Crippen molar-refractivity contribution < 1.29 is 0 Å². The summed E-state index contributed by atoms with van der Waals surface area (Å²) in [7, 11) is 0. The Balaban J connectivity index is 2.65. The first-order chi connectivity index (χ1) is 7.22. The number of rotatable bonds is 1. The van der Waals surface area contributed by atoms with E-state index in [0.29, 0.717) is 16.2 Å². The maximum atomic E-state index is 7.03. The van der Waals surface area contributed by atoms with Crippen LogP contribution in [0.5, 0.6) is 0 Å². The van der Waals surface area contributed by atoms with Crippen molar-refractivity contribution in [2.24, 2.45) is 0 Å². The van der Waals surface area contributed by atoms with Gasteiger partial charge in [-0.15, -0.1) is 4.68 Å². The van der Waals surface area contributed by atoms with Crippen molar-refractivity contribution in [1.82, 2.24) is 14.8 Å². The van der Waals surface area contributed by atoms with E-state index in [1.165, 1.54) is 4.68 Å². The zero-order valence-corrected chi connectivity index (χ0v) is 9.56. The number of hydrogen-bond acceptors (Lipinski definition) is 2. The van der Waals surface area contributed by atoms with Gasteiger partial charge in [0.25, 0.3) is 5.82 Å². The van der Waals surface area contributed by atoms with E-state index in [1.807, 2.05) is 19.1 Å². The molecule has 15 heavy (non-hydrogen) atoms.